The number of nitrogens with zero attached hydrogens (tertiary/aromatic N) is 1. The fourth-order valence-electron chi connectivity index (χ4n) is 2.35. The highest BCUT2D eigenvalue weighted by molar-refractivity contribution is 7.10. The van der Waals surface area contributed by atoms with Crippen LogP contribution in [0.1, 0.15) is 10.6 Å². The van der Waals surface area contributed by atoms with Crippen molar-refractivity contribution in [2.75, 3.05) is 12.4 Å². The minimum Gasteiger partial charge on any atom is -0.497 e. The molecule has 0 spiro atoms. The fraction of sp³-hybridized carbons (Fsp3) is 0.158. The molecule has 0 saturated carbocycles. The van der Waals surface area contributed by atoms with Gasteiger partial charge in [0, 0.05) is 16.6 Å². The molecule has 3 rings (SSSR count). The van der Waals surface area contributed by atoms with Gasteiger partial charge < -0.3 is 10.1 Å². The van der Waals surface area contributed by atoms with Crippen molar-refractivity contribution in [2.24, 2.45) is 0 Å². The highest BCUT2D eigenvalue weighted by atomic mass is 32.1. The van der Waals surface area contributed by atoms with E-state index < -0.39 is 0 Å². The molecule has 0 radical (unpaired) electrons. The number of nitrogens with one attached hydrogen (secondary N) is 1. The smallest absolute Gasteiger partial charge is 0.231 e. The fourth-order valence-corrected chi connectivity index (χ4v) is 3.15. The molecule has 0 aliphatic carbocycles. The molecule has 4 nitrogen and oxygen atoms in total. The number of para-hydroxylation sites is 1. The number of amides is 1. The van der Waals surface area contributed by atoms with E-state index in [-0.39, 0.29) is 12.3 Å². The Bertz CT molecular complexity index is 858. The van der Waals surface area contributed by atoms with E-state index in [9.17, 15) is 4.79 Å². The van der Waals surface area contributed by atoms with Crippen molar-refractivity contribution in [1.82, 2.24) is 4.98 Å². The van der Waals surface area contributed by atoms with Gasteiger partial charge in [0.15, 0.2) is 0 Å². The minimum atomic E-state index is -0.0594. The highest BCUT2D eigenvalue weighted by Gasteiger charge is 2.10. The van der Waals surface area contributed by atoms with Crippen LogP contribution in [0.25, 0.3) is 11.3 Å². The van der Waals surface area contributed by atoms with Gasteiger partial charge in [-0.25, -0.2) is 4.98 Å². The predicted molar refractivity (Wildman–Crippen MR) is 97.6 cm³/mol. The first-order chi connectivity index (χ1) is 11.7. The van der Waals surface area contributed by atoms with Gasteiger partial charge in [-0.2, -0.15) is 0 Å². The van der Waals surface area contributed by atoms with E-state index in [4.69, 9.17) is 4.74 Å². The number of benzene rings is 2. The molecule has 0 fully saturated rings. The molecule has 122 valence electrons. The second-order valence-corrected chi connectivity index (χ2v) is 6.34. The molecule has 5 heteroatoms. The monoisotopic (exact) mass is 338 g/mol. The summed E-state index contributed by atoms with van der Waals surface area (Å²) in [4.78, 5) is 16.8. The third-order valence-electron chi connectivity index (χ3n) is 3.65. The lowest BCUT2D eigenvalue weighted by Crippen LogP contribution is -2.14. The number of thiazole rings is 1. The van der Waals surface area contributed by atoms with Gasteiger partial charge in [0.25, 0.3) is 0 Å². The maximum absolute atomic E-state index is 12.2. The highest BCUT2D eigenvalue weighted by Crippen LogP contribution is 2.25. The van der Waals surface area contributed by atoms with Gasteiger partial charge in [0.2, 0.25) is 5.91 Å². The van der Waals surface area contributed by atoms with Crippen molar-refractivity contribution in [3.63, 3.8) is 0 Å². The largest absolute Gasteiger partial charge is 0.497 e. The molecular formula is C19H18N2O2S. The SMILES string of the molecule is COc1cccc(-c2csc(CC(=O)Nc3ccccc3C)n2)c1. The molecule has 0 aliphatic heterocycles. The molecule has 1 aromatic heterocycles. The lowest BCUT2D eigenvalue weighted by Gasteiger charge is -2.06. The van der Waals surface area contributed by atoms with Gasteiger partial charge in [-0.1, -0.05) is 30.3 Å². The van der Waals surface area contributed by atoms with E-state index in [1.54, 1.807) is 7.11 Å². The van der Waals surface area contributed by atoms with Crippen molar-refractivity contribution in [3.8, 4) is 17.0 Å². The number of aromatic nitrogens is 1. The summed E-state index contributed by atoms with van der Waals surface area (Å²) in [6.07, 6.45) is 0.267. The van der Waals surface area contributed by atoms with Gasteiger partial charge in [0.05, 0.1) is 19.2 Å². The number of rotatable bonds is 5. The third-order valence-corrected chi connectivity index (χ3v) is 4.50. The lowest BCUT2D eigenvalue weighted by atomic mass is 10.1. The maximum Gasteiger partial charge on any atom is 0.231 e. The number of methoxy groups -OCH3 is 1. The van der Waals surface area contributed by atoms with Crippen molar-refractivity contribution < 1.29 is 9.53 Å². The van der Waals surface area contributed by atoms with E-state index in [0.29, 0.717) is 0 Å². The van der Waals surface area contributed by atoms with Gasteiger partial charge in [-0.3, -0.25) is 4.79 Å². The summed E-state index contributed by atoms with van der Waals surface area (Å²) in [5.41, 5.74) is 3.72. The molecule has 0 saturated heterocycles. The average molecular weight is 338 g/mol. The number of carbonyl (C=O) groups is 1. The van der Waals surface area contributed by atoms with Crippen LogP contribution in [-0.2, 0) is 11.2 Å². The van der Waals surface area contributed by atoms with Crippen LogP contribution < -0.4 is 10.1 Å². The van der Waals surface area contributed by atoms with Crippen LogP contribution in [0.3, 0.4) is 0 Å². The summed E-state index contributed by atoms with van der Waals surface area (Å²) in [5, 5.41) is 5.69. The van der Waals surface area contributed by atoms with Crippen molar-refractivity contribution in [1.29, 1.82) is 0 Å². The molecule has 1 N–H and O–H groups in total. The molecular weight excluding hydrogens is 320 g/mol. The molecule has 3 aromatic rings. The zero-order valence-electron chi connectivity index (χ0n) is 13.6. The van der Waals surface area contributed by atoms with Crippen molar-refractivity contribution in [3.05, 3.63) is 64.5 Å². The van der Waals surface area contributed by atoms with Crippen LogP contribution in [0, 0.1) is 6.92 Å². The summed E-state index contributed by atoms with van der Waals surface area (Å²) in [6.45, 7) is 1.97. The van der Waals surface area contributed by atoms with Crippen LogP contribution in [0.4, 0.5) is 5.69 Å². The van der Waals surface area contributed by atoms with E-state index >= 15 is 0 Å². The normalized spacial score (nSPS) is 10.4. The van der Waals surface area contributed by atoms with Gasteiger partial charge in [-0.15, -0.1) is 11.3 Å². The molecule has 0 aliphatic rings. The molecule has 1 heterocycles. The van der Waals surface area contributed by atoms with Crippen LogP contribution in [0.5, 0.6) is 5.75 Å². The standard InChI is InChI=1S/C19H18N2O2S/c1-13-6-3-4-9-16(13)20-18(22)11-19-21-17(12-24-19)14-7-5-8-15(10-14)23-2/h3-10,12H,11H2,1-2H3,(H,20,22). The van der Waals surface area contributed by atoms with Crippen LogP contribution >= 0.6 is 11.3 Å². The third kappa shape index (κ3) is 3.81. The number of carbonyl (C=O) groups excluding carboxylic acids is 1. The summed E-state index contributed by atoms with van der Waals surface area (Å²) < 4.78 is 5.24. The Labute approximate surface area is 145 Å². The Kier molecular flexibility index (Phi) is 4.91. The van der Waals surface area contributed by atoms with Crippen LogP contribution in [0.15, 0.2) is 53.9 Å². The Morgan fingerprint density at radius 2 is 2.04 bits per heavy atom. The Hall–Kier alpha value is -2.66. The summed E-state index contributed by atoms with van der Waals surface area (Å²) in [7, 11) is 1.64. The number of ether oxygens (including phenoxy) is 1. The molecule has 1 amide bonds. The quantitative estimate of drug-likeness (QED) is 0.754. The maximum atomic E-state index is 12.2. The number of aryl methyl sites for hydroxylation is 1. The second kappa shape index (κ2) is 7.27. The zero-order valence-corrected chi connectivity index (χ0v) is 14.4. The number of hydrogen-bond donors (Lipinski definition) is 1. The Morgan fingerprint density at radius 1 is 1.21 bits per heavy atom. The first-order valence-corrected chi connectivity index (χ1v) is 8.48. The van der Waals surface area contributed by atoms with Crippen molar-refractivity contribution in [2.45, 2.75) is 13.3 Å². The van der Waals surface area contributed by atoms with Gasteiger partial charge in [-0.05, 0) is 30.7 Å². The van der Waals surface area contributed by atoms with Crippen molar-refractivity contribution >= 4 is 22.9 Å². The molecule has 0 bridgehead atoms. The summed E-state index contributed by atoms with van der Waals surface area (Å²) >= 11 is 1.49. The lowest BCUT2D eigenvalue weighted by molar-refractivity contribution is -0.115. The van der Waals surface area contributed by atoms with E-state index in [1.165, 1.54) is 11.3 Å². The van der Waals surface area contributed by atoms with E-state index in [0.717, 1.165) is 33.3 Å². The first-order valence-electron chi connectivity index (χ1n) is 7.60. The van der Waals surface area contributed by atoms with E-state index in [1.807, 2.05) is 60.8 Å². The number of hydrogen-bond acceptors (Lipinski definition) is 4. The molecule has 0 unspecified atom stereocenters. The molecule has 2 aromatic carbocycles. The van der Waals surface area contributed by atoms with E-state index in [2.05, 4.69) is 10.3 Å². The van der Waals surface area contributed by atoms with Crippen LogP contribution in [-0.4, -0.2) is 18.0 Å². The summed E-state index contributed by atoms with van der Waals surface area (Å²) in [6, 6.07) is 15.5. The van der Waals surface area contributed by atoms with Crippen LogP contribution in [0.2, 0.25) is 0 Å². The van der Waals surface area contributed by atoms with Gasteiger partial charge in [0.1, 0.15) is 10.8 Å². The summed E-state index contributed by atoms with van der Waals surface area (Å²) in [5.74, 6) is 0.732. The first kappa shape index (κ1) is 16.2. The Balaban J connectivity index is 1.69. The molecule has 24 heavy (non-hydrogen) atoms. The average Bonchev–Trinajstić information content (AvgIpc) is 3.05. The minimum absolute atomic E-state index is 0.0594. The topological polar surface area (TPSA) is 51.2 Å². The zero-order chi connectivity index (χ0) is 16.9. The second-order valence-electron chi connectivity index (χ2n) is 5.40. The number of anilines is 1. The predicted octanol–water partition coefficient (Wildman–Crippen LogP) is 4.31. The Morgan fingerprint density at radius 3 is 2.83 bits per heavy atom. The molecule has 0 atom stereocenters. The van der Waals surface area contributed by atoms with Gasteiger partial charge >= 0.3 is 0 Å².